The molecule has 21 heteroatoms. The molecule has 4 heterocycles. The fraction of sp³-hybridized carbons (Fsp3) is 0.219. The van der Waals surface area contributed by atoms with Gasteiger partial charge in [-0.3, -0.25) is 10.1 Å². The Kier molecular flexibility index (Phi) is 13.0. The maximum absolute atomic E-state index is 12.9. The molecule has 0 bridgehead atoms. The monoisotopic (exact) mass is 938 g/mol. The van der Waals surface area contributed by atoms with E-state index in [1.165, 1.54) is 48.0 Å². The van der Waals surface area contributed by atoms with E-state index in [1.54, 1.807) is 13.1 Å². The molecule has 6 rings (SSSR count). The van der Waals surface area contributed by atoms with Crippen molar-refractivity contribution in [3.05, 3.63) is 126 Å². The predicted molar refractivity (Wildman–Crippen MR) is 153 cm³/mol. The molecule has 0 unspecified atom stereocenters. The van der Waals surface area contributed by atoms with Gasteiger partial charge in [0.15, 0.2) is 0 Å². The van der Waals surface area contributed by atoms with Gasteiger partial charge in [-0.2, -0.15) is 89.1 Å². The summed E-state index contributed by atoms with van der Waals surface area (Å²) in [6, 6.07) is 10.8. The van der Waals surface area contributed by atoms with Gasteiger partial charge in [0.1, 0.15) is 0 Å². The second-order valence-corrected chi connectivity index (χ2v) is 10.4. The van der Waals surface area contributed by atoms with E-state index in [-0.39, 0.29) is 32.2 Å². The standard InChI is InChI=1S/2C12H7F6N2.C8H7N4.Ir/c2*1-19-4-5-20(7-19)10-3-2-8(11(13,14)15)6-9(10)12(16,17)18;1-6-10-8(12-11-6)7-4-2-3-5-9-7;/h2*2,4-6H,1H3;2-5H,1H3;/q3*-1;. The SMILES string of the molecule is C[n+]1[c-]n(-c2[c-]cc(C(F)(F)F)cc2C(F)(F)F)cc1.C[n+]1[c-]n(-c2[c-]cc(C(F)(F)F)cc2C(F)(F)F)cc1.Cc1n[n-]c(-c2ccccn2)n1.[Ir]. The fourth-order valence-corrected chi connectivity index (χ4v) is 4.11. The smallest absolute Gasteiger partial charge is 0.370 e. The van der Waals surface area contributed by atoms with Crippen LogP contribution in [0.15, 0.2) is 73.4 Å². The minimum Gasteiger partial charge on any atom is -0.421 e. The number of hydrogen-bond acceptors (Lipinski definition) is 3. The van der Waals surface area contributed by atoms with Crippen molar-refractivity contribution in [2.45, 2.75) is 31.6 Å². The number of aromatic nitrogens is 8. The molecular formula is C32H21F12IrN8-3. The first-order chi connectivity index (χ1) is 24.0. The zero-order chi connectivity index (χ0) is 38.6. The summed E-state index contributed by atoms with van der Waals surface area (Å²) in [6.07, 6.45) is -7.59. The Bertz CT molecular complexity index is 1980. The second kappa shape index (κ2) is 16.3. The molecule has 53 heavy (non-hydrogen) atoms. The van der Waals surface area contributed by atoms with Crippen molar-refractivity contribution in [1.29, 1.82) is 0 Å². The Hall–Kier alpha value is -5.04. The van der Waals surface area contributed by atoms with E-state index in [0.717, 1.165) is 14.8 Å². The van der Waals surface area contributed by atoms with Crippen molar-refractivity contribution >= 4 is 0 Å². The van der Waals surface area contributed by atoms with Gasteiger partial charge in [0.05, 0.1) is 19.8 Å². The number of nitrogens with zero attached hydrogens (tertiary/aromatic N) is 8. The van der Waals surface area contributed by atoms with E-state index in [2.05, 4.69) is 32.8 Å². The van der Waals surface area contributed by atoms with E-state index in [1.807, 2.05) is 30.3 Å². The molecule has 0 aliphatic carbocycles. The van der Waals surface area contributed by atoms with E-state index in [9.17, 15) is 52.7 Å². The number of aryl methyl sites for hydroxylation is 3. The largest absolute Gasteiger partial charge is 0.421 e. The molecule has 4 aromatic heterocycles. The maximum atomic E-state index is 12.9. The number of hydrogen-bond donors (Lipinski definition) is 0. The molecule has 2 aromatic carbocycles. The molecule has 0 atom stereocenters. The van der Waals surface area contributed by atoms with Crippen LogP contribution >= 0.6 is 0 Å². The van der Waals surface area contributed by atoms with E-state index in [0.29, 0.717) is 23.8 Å². The molecule has 0 aliphatic rings. The van der Waals surface area contributed by atoms with Gasteiger partial charge in [-0.05, 0) is 24.9 Å². The summed E-state index contributed by atoms with van der Waals surface area (Å²) in [7, 11) is 3.04. The quantitative estimate of drug-likeness (QED) is 0.113. The third-order valence-corrected chi connectivity index (χ3v) is 6.45. The van der Waals surface area contributed by atoms with Gasteiger partial charge in [-0.15, -0.1) is 0 Å². The number of halogens is 12. The maximum Gasteiger partial charge on any atom is 0.370 e. The van der Waals surface area contributed by atoms with Crippen LogP contribution in [0.3, 0.4) is 0 Å². The van der Waals surface area contributed by atoms with Gasteiger partial charge < -0.3 is 28.4 Å². The van der Waals surface area contributed by atoms with Crippen LogP contribution in [0.2, 0.25) is 0 Å². The van der Waals surface area contributed by atoms with E-state index < -0.39 is 58.3 Å². The molecule has 0 fully saturated rings. The first-order valence-corrected chi connectivity index (χ1v) is 14.1. The van der Waals surface area contributed by atoms with Crippen LogP contribution in [0.4, 0.5) is 52.7 Å². The van der Waals surface area contributed by atoms with Gasteiger partial charge in [0.25, 0.3) is 0 Å². The third-order valence-electron chi connectivity index (χ3n) is 6.45. The molecule has 0 saturated carbocycles. The van der Waals surface area contributed by atoms with Crippen molar-refractivity contribution < 1.29 is 81.9 Å². The molecule has 0 N–H and O–H groups in total. The predicted octanol–water partition coefficient (Wildman–Crippen LogP) is 6.68. The number of benzene rings is 2. The molecule has 0 saturated heterocycles. The van der Waals surface area contributed by atoms with Gasteiger partial charge in [0.2, 0.25) is 12.7 Å². The van der Waals surface area contributed by atoms with Crippen LogP contribution in [0.5, 0.6) is 0 Å². The molecule has 8 nitrogen and oxygen atoms in total. The summed E-state index contributed by atoms with van der Waals surface area (Å²) in [4.78, 5) is 8.19. The Morgan fingerprint density at radius 3 is 1.43 bits per heavy atom. The minimum atomic E-state index is -4.93. The molecule has 1 radical (unpaired) electrons. The van der Waals surface area contributed by atoms with Crippen LogP contribution in [0.1, 0.15) is 28.1 Å². The molecule has 0 aliphatic heterocycles. The molecule has 0 spiro atoms. The Labute approximate surface area is 305 Å². The van der Waals surface area contributed by atoms with Crippen LogP contribution in [-0.2, 0) is 58.9 Å². The van der Waals surface area contributed by atoms with Gasteiger partial charge in [-0.1, -0.05) is 39.7 Å². The van der Waals surface area contributed by atoms with Crippen molar-refractivity contribution in [3.8, 4) is 22.9 Å². The topological polar surface area (TPSA) is 70.4 Å². The number of alkyl halides is 12. The van der Waals surface area contributed by atoms with E-state index in [4.69, 9.17) is 0 Å². The van der Waals surface area contributed by atoms with Crippen molar-refractivity contribution in [2.75, 3.05) is 0 Å². The average molecular weight is 938 g/mol. The van der Waals surface area contributed by atoms with Crippen LogP contribution in [0, 0.1) is 31.7 Å². The van der Waals surface area contributed by atoms with Crippen LogP contribution in [-0.4, -0.2) is 24.2 Å². The van der Waals surface area contributed by atoms with Gasteiger partial charge >= 0.3 is 24.7 Å². The zero-order valence-electron chi connectivity index (χ0n) is 26.9. The summed E-state index contributed by atoms with van der Waals surface area (Å²) in [5.74, 6) is 1.27. The summed E-state index contributed by atoms with van der Waals surface area (Å²) in [5.41, 5.74) is -5.94. The molecule has 285 valence electrons. The Balaban J connectivity index is 0.000000219. The second-order valence-electron chi connectivity index (χ2n) is 10.4. The van der Waals surface area contributed by atoms with Gasteiger partial charge in [-0.25, -0.2) is 0 Å². The Morgan fingerprint density at radius 1 is 0.679 bits per heavy atom. The van der Waals surface area contributed by atoms with Crippen LogP contribution in [0.25, 0.3) is 22.9 Å². The van der Waals surface area contributed by atoms with Gasteiger partial charge in [0, 0.05) is 56.9 Å². The molecule has 0 amide bonds. The summed E-state index contributed by atoms with van der Waals surface area (Å²) < 4.78 is 157. The average Bonchev–Trinajstić information content (AvgIpc) is 3.81. The Morgan fingerprint density at radius 2 is 1.13 bits per heavy atom. The number of imidazole rings is 2. The van der Waals surface area contributed by atoms with E-state index >= 15 is 0 Å². The minimum absolute atomic E-state index is 0. The summed E-state index contributed by atoms with van der Waals surface area (Å²) in [5, 5.41) is 7.65. The third kappa shape index (κ3) is 11.2. The normalized spacial score (nSPS) is 11.9. The molecule has 6 aromatic rings. The van der Waals surface area contributed by atoms with Crippen molar-refractivity contribution in [1.82, 2.24) is 29.3 Å². The van der Waals surface area contributed by atoms with Crippen LogP contribution < -0.4 is 14.2 Å². The fourth-order valence-electron chi connectivity index (χ4n) is 4.11. The van der Waals surface area contributed by atoms with Crippen molar-refractivity contribution in [3.63, 3.8) is 0 Å². The number of rotatable bonds is 3. The zero-order valence-corrected chi connectivity index (χ0v) is 29.3. The van der Waals surface area contributed by atoms with Crippen molar-refractivity contribution in [2.24, 2.45) is 14.1 Å². The summed E-state index contributed by atoms with van der Waals surface area (Å²) in [6.45, 7) is 1.80. The first-order valence-electron chi connectivity index (χ1n) is 14.1. The molecular weight excluding hydrogens is 917 g/mol. The first kappa shape index (κ1) is 42.4. The number of pyridine rings is 1. The summed E-state index contributed by atoms with van der Waals surface area (Å²) >= 11 is 0.